The Morgan fingerprint density at radius 3 is 2.71 bits per heavy atom. The zero-order valence-corrected chi connectivity index (χ0v) is 9.41. The second kappa shape index (κ2) is 5.10. The maximum absolute atomic E-state index is 13.5. The summed E-state index contributed by atoms with van der Waals surface area (Å²) in [6.45, 7) is 0. The van der Waals surface area contributed by atoms with Crippen molar-refractivity contribution < 1.29 is 13.2 Å². The van der Waals surface area contributed by atoms with E-state index in [2.05, 4.69) is 5.32 Å². The van der Waals surface area contributed by atoms with E-state index in [1.807, 2.05) is 0 Å². The molecule has 1 unspecified atom stereocenters. The molecule has 0 fully saturated rings. The number of furan rings is 1. The highest BCUT2D eigenvalue weighted by atomic mass is 19.2. The van der Waals surface area contributed by atoms with Gasteiger partial charge < -0.3 is 9.73 Å². The summed E-state index contributed by atoms with van der Waals surface area (Å²) in [5.41, 5.74) is 0.334. The first-order chi connectivity index (χ1) is 8.22. The average molecular weight is 237 g/mol. The van der Waals surface area contributed by atoms with Crippen LogP contribution in [0.5, 0.6) is 0 Å². The minimum absolute atomic E-state index is 0.165. The van der Waals surface area contributed by atoms with Crippen LogP contribution in [0, 0.1) is 11.6 Å². The van der Waals surface area contributed by atoms with Gasteiger partial charge in [-0.2, -0.15) is 0 Å². The van der Waals surface area contributed by atoms with E-state index >= 15 is 0 Å². The summed E-state index contributed by atoms with van der Waals surface area (Å²) in [5, 5.41) is 3.02. The van der Waals surface area contributed by atoms with Crippen molar-refractivity contribution in [2.75, 3.05) is 7.05 Å². The molecule has 0 spiro atoms. The highest BCUT2D eigenvalue weighted by molar-refractivity contribution is 5.21. The predicted octanol–water partition coefficient (Wildman–Crippen LogP) is 3.06. The highest BCUT2D eigenvalue weighted by Crippen LogP contribution is 2.21. The molecule has 0 saturated heterocycles. The molecule has 0 radical (unpaired) electrons. The molecule has 0 aliphatic rings. The van der Waals surface area contributed by atoms with Crippen molar-refractivity contribution in [1.29, 1.82) is 0 Å². The van der Waals surface area contributed by atoms with Crippen molar-refractivity contribution in [2.45, 2.75) is 12.5 Å². The van der Waals surface area contributed by atoms with Gasteiger partial charge in [-0.1, -0.05) is 12.1 Å². The van der Waals surface area contributed by atoms with Gasteiger partial charge in [0, 0.05) is 0 Å². The van der Waals surface area contributed by atoms with Crippen molar-refractivity contribution >= 4 is 0 Å². The molecule has 2 rings (SSSR count). The fourth-order valence-electron chi connectivity index (χ4n) is 1.76. The van der Waals surface area contributed by atoms with Crippen LogP contribution in [0.2, 0.25) is 0 Å². The number of halogens is 2. The third-order valence-corrected chi connectivity index (χ3v) is 2.69. The van der Waals surface area contributed by atoms with Crippen molar-refractivity contribution in [3.8, 4) is 0 Å². The van der Waals surface area contributed by atoms with E-state index in [0.29, 0.717) is 17.7 Å². The standard InChI is InChI=1S/C13H13F2NO/c1-16-11(12-6-3-7-17-12)8-9-4-2-5-10(14)13(9)15/h2-7,11,16H,8H2,1H3. The molecule has 1 atom stereocenters. The van der Waals surface area contributed by atoms with Crippen molar-refractivity contribution in [1.82, 2.24) is 5.32 Å². The number of rotatable bonds is 4. The normalized spacial score (nSPS) is 12.6. The lowest BCUT2D eigenvalue weighted by Crippen LogP contribution is -2.19. The van der Waals surface area contributed by atoms with Gasteiger partial charge in [0.25, 0.3) is 0 Å². The number of likely N-dealkylation sites (N-methyl/N-ethyl adjacent to an activating group) is 1. The lowest BCUT2D eigenvalue weighted by atomic mass is 10.0. The first-order valence-corrected chi connectivity index (χ1v) is 5.36. The summed E-state index contributed by atoms with van der Waals surface area (Å²) in [6.07, 6.45) is 1.90. The number of benzene rings is 1. The van der Waals surface area contributed by atoms with Crippen LogP contribution in [0.1, 0.15) is 17.4 Å². The van der Waals surface area contributed by atoms with Crippen LogP contribution in [0.25, 0.3) is 0 Å². The Balaban J connectivity index is 2.22. The lowest BCUT2D eigenvalue weighted by molar-refractivity contribution is 0.421. The molecular weight excluding hydrogens is 224 g/mol. The number of hydrogen-bond acceptors (Lipinski definition) is 2. The fraction of sp³-hybridized carbons (Fsp3) is 0.231. The lowest BCUT2D eigenvalue weighted by Gasteiger charge is -2.14. The molecule has 0 saturated carbocycles. The van der Waals surface area contributed by atoms with Gasteiger partial charge in [-0.05, 0) is 37.2 Å². The molecule has 0 aliphatic heterocycles. The third kappa shape index (κ3) is 2.53. The molecule has 2 nitrogen and oxygen atoms in total. The Kier molecular flexibility index (Phi) is 3.54. The second-order valence-electron chi connectivity index (χ2n) is 3.77. The third-order valence-electron chi connectivity index (χ3n) is 2.69. The SMILES string of the molecule is CNC(Cc1cccc(F)c1F)c1ccco1. The highest BCUT2D eigenvalue weighted by Gasteiger charge is 2.16. The summed E-state index contributed by atoms with van der Waals surface area (Å²) in [4.78, 5) is 0. The van der Waals surface area contributed by atoms with Crippen LogP contribution in [0.4, 0.5) is 8.78 Å². The molecule has 1 aromatic carbocycles. The summed E-state index contributed by atoms with van der Waals surface area (Å²) >= 11 is 0. The summed E-state index contributed by atoms with van der Waals surface area (Å²) in [5.74, 6) is -0.910. The Morgan fingerprint density at radius 1 is 1.24 bits per heavy atom. The maximum Gasteiger partial charge on any atom is 0.162 e. The van der Waals surface area contributed by atoms with E-state index in [1.165, 1.54) is 6.07 Å². The van der Waals surface area contributed by atoms with Crippen LogP contribution < -0.4 is 5.32 Å². The van der Waals surface area contributed by atoms with Gasteiger partial charge in [0.15, 0.2) is 11.6 Å². The van der Waals surface area contributed by atoms with Crippen molar-refractivity contribution in [3.63, 3.8) is 0 Å². The molecule has 90 valence electrons. The summed E-state index contributed by atoms with van der Waals surface area (Å²) in [7, 11) is 1.75. The molecule has 0 aliphatic carbocycles. The monoisotopic (exact) mass is 237 g/mol. The zero-order chi connectivity index (χ0) is 12.3. The zero-order valence-electron chi connectivity index (χ0n) is 9.41. The van der Waals surface area contributed by atoms with E-state index in [-0.39, 0.29) is 6.04 Å². The molecule has 0 amide bonds. The predicted molar refractivity (Wildman–Crippen MR) is 60.6 cm³/mol. The van der Waals surface area contributed by atoms with Gasteiger partial charge in [-0.3, -0.25) is 0 Å². The molecule has 1 N–H and O–H groups in total. The molecule has 1 heterocycles. The minimum atomic E-state index is -0.822. The van der Waals surface area contributed by atoms with E-state index < -0.39 is 11.6 Å². The molecule has 0 bridgehead atoms. The Bertz CT molecular complexity index is 482. The molecule has 1 aromatic heterocycles. The summed E-state index contributed by atoms with van der Waals surface area (Å²) in [6, 6.07) is 7.59. The topological polar surface area (TPSA) is 25.2 Å². The van der Waals surface area contributed by atoms with Crippen LogP contribution >= 0.6 is 0 Å². The first kappa shape index (κ1) is 11.8. The second-order valence-corrected chi connectivity index (χ2v) is 3.77. The fourth-order valence-corrected chi connectivity index (χ4v) is 1.76. The first-order valence-electron chi connectivity index (χ1n) is 5.36. The Labute approximate surface area is 98.3 Å². The maximum atomic E-state index is 13.5. The van der Waals surface area contributed by atoms with Crippen LogP contribution in [0.15, 0.2) is 41.0 Å². The molecule has 17 heavy (non-hydrogen) atoms. The van der Waals surface area contributed by atoms with Gasteiger partial charge in [0.1, 0.15) is 5.76 Å². The van der Waals surface area contributed by atoms with Crippen LogP contribution in [-0.4, -0.2) is 7.05 Å². The van der Waals surface area contributed by atoms with E-state index in [9.17, 15) is 8.78 Å². The Hall–Kier alpha value is -1.68. The quantitative estimate of drug-likeness (QED) is 0.884. The van der Waals surface area contributed by atoms with Gasteiger partial charge >= 0.3 is 0 Å². The molecule has 2 aromatic rings. The summed E-state index contributed by atoms with van der Waals surface area (Å²) < 4.78 is 31.8. The van der Waals surface area contributed by atoms with Crippen LogP contribution in [0.3, 0.4) is 0 Å². The van der Waals surface area contributed by atoms with Gasteiger partial charge in [-0.25, -0.2) is 8.78 Å². The largest absolute Gasteiger partial charge is 0.468 e. The average Bonchev–Trinajstić information content (AvgIpc) is 2.85. The van der Waals surface area contributed by atoms with Gasteiger partial charge in [0.2, 0.25) is 0 Å². The Morgan fingerprint density at radius 2 is 2.06 bits per heavy atom. The number of hydrogen-bond donors (Lipinski definition) is 1. The van der Waals surface area contributed by atoms with E-state index in [1.54, 1.807) is 31.5 Å². The minimum Gasteiger partial charge on any atom is -0.468 e. The van der Waals surface area contributed by atoms with Crippen molar-refractivity contribution in [3.05, 3.63) is 59.6 Å². The number of nitrogens with one attached hydrogen (secondary N) is 1. The van der Waals surface area contributed by atoms with E-state index in [0.717, 1.165) is 6.07 Å². The molecule has 4 heteroatoms. The van der Waals surface area contributed by atoms with E-state index in [4.69, 9.17) is 4.42 Å². The van der Waals surface area contributed by atoms with Crippen LogP contribution in [-0.2, 0) is 6.42 Å². The molecular formula is C13H13F2NO. The van der Waals surface area contributed by atoms with Gasteiger partial charge in [0.05, 0.1) is 12.3 Å². The smallest absolute Gasteiger partial charge is 0.162 e. The van der Waals surface area contributed by atoms with Gasteiger partial charge in [-0.15, -0.1) is 0 Å². The van der Waals surface area contributed by atoms with Crippen molar-refractivity contribution in [2.24, 2.45) is 0 Å².